The molecule has 0 unspecified atom stereocenters. The van der Waals surface area contributed by atoms with Gasteiger partial charge in [0, 0.05) is 41.6 Å². The Hall–Kier alpha value is -3.71. The number of nitrogens with two attached hydrogens (primary N) is 1. The van der Waals surface area contributed by atoms with Gasteiger partial charge in [-0.1, -0.05) is 23.8 Å². The van der Waals surface area contributed by atoms with Gasteiger partial charge in [0.15, 0.2) is 0 Å². The van der Waals surface area contributed by atoms with Crippen LogP contribution in [0.25, 0.3) is 22.2 Å². The molecule has 1 fully saturated rings. The molecule has 31 heavy (non-hydrogen) atoms. The van der Waals surface area contributed by atoms with Gasteiger partial charge in [-0.05, 0) is 43.3 Å². The highest BCUT2D eigenvalue weighted by Crippen LogP contribution is 2.30. The first-order chi connectivity index (χ1) is 15.2. The van der Waals surface area contributed by atoms with Crippen molar-refractivity contribution in [3.8, 4) is 11.3 Å². The molecular formula is C24H24N6O. The first-order valence-corrected chi connectivity index (χ1v) is 10.4. The summed E-state index contributed by atoms with van der Waals surface area (Å²) < 4.78 is 5.43. The lowest BCUT2D eigenvalue weighted by atomic mass is 10.1. The molecule has 0 aliphatic carbocycles. The highest BCUT2D eigenvalue weighted by molar-refractivity contribution is 5.97. The number of aryl methyl sites for hydroxylation is 1. The number of fused-ring (bicyclic) bond motifs is 1. The molecule has 1 saturated heterocycles. The molecule has 5 rings (SSSR count). The normalized spacial score (nSPS) is 14.0. The molecule has 0 saturated carbocycles. The van der Waals surface area contributed by atoms with Gasteiger partial charge in [-0.25, -0.2) is 4.98 Å². The van der Waals surface area contributed by atoms with Crippen molar-refractivity contribution in [2.24, 2.45) is 0 Å². The molecule has 0 radical (unpaired) electrons. The maximum Gasteiger partial charge on any atom is 0.229 e. The van der Waals surface area contributed by atoms with Crippen LogP contribution in [0.5, 0.6) is 0 Å². The van der Waals surface area contributed by atoms with Crippen molar-refractivity contribution in [2.75, 3.05) is 42.3 Å². The molecule has 0 atom stereocenters. The summed E-state index contributed by atoms with van der Waals surface area (Å²) in [5.74, 6) is 0.875. The van der Waals surface area contributed by atoms with Crippen molar-refractivity contribution in [1.29, 1.82) is 0 Å². The summed E-state index contributed by atoms with van der Waals surface area (Å²) in [5, 5.41) is 4.08. The standard InChI is InChI=1S/C24H24N6O/c1-16-3-2-4-17(15-16)21-22-20(9-10-26-21)23(25)29-24(28-22)27-18-5-7-19(8-6-18)30-11-13-31-14-12-30/h2-10,15H,11-14H2,1H3,(H3,25,27,28,29). The molecule has 2 aromatic carbocycles. The highest BCUT2D eigenvalue weighted by atomic mass is 16.5. The molecule has 3 N–H and O–H groups in total. The average Bonchev–Trinajstić information content (AvgIpc) is 2.80. The number of nitrogens with one attached hydrogen (secondary N) is 1. The molecular weight excluding hydrogens is 388 g/mol. The lowest BCUT2D eigenvalue weighted by Gasteiger charge is -2.28. The van der Waals surface area contributed by atoms with E-state index >= 15 is 0 Å². The minimum atomic E-state index is 0.425. The van der Waals surface area contributed by atoms with Crippen molar-refractivity contribution in [3.05, 3.63) is 66.4 Å². The van der Waals surface area contributed by atoms with Crippen LogP contribution >= 0.6 is 0 Å². The third-order valence-electron chi connectivity index (χ3n) is 5.44. The molecule has 1 aliphatic rings. The summed E-state index contributed by atoms with van der Waals surface area (Å²) in [6, 6.07) is 18.3. The van der Waals surface area contributed by atoms with Crippen LogP contribution in [0, 0.1) is 6.92 Å². The van der Waals surface area contributed by atoms with E-state index in [2.05, 4.69) is 51.4 Å². The number of ether oxygens (including phenoxy) is 1. The molecule has 0 amide bonds. The molecule has 0 spiro atoms. The Kier molecular flexibility index (Phi) is 5.09. The number of nitrogens with zero attached hydrogens (tertiary/aromatic N) is 4. The second-order valence-corrected chi connectivity index (χ2v) is 7.63. The Bertz CT molecular complexity index is 1220. The van der Waals surface area contributed by atoms with Gasteiger partial charge in [-0.15, -0.1) is 0 Å². The summed E-state index contributed by atoms with van der Waals surface area (Å²) in [4.78, 5) is 16.1. The van der Waals surface area contributed by atoms with Gasteiger partial charge in [0.05, 0.1) is 18.9 Å². The van der Waals surface area contributed by atoms with E-state index < -0.39 is 0 Å². The van der Waals surface area contributed by atoms with Gasteiger partial charge in [0.25, 0.3) is 0 Å². The Morgan fingerprint density at radius 1 is 1.00 bits per heavy atom. The Morgan fingerprint density at radius 2 is 1.81 bits per heavy atom. The third-order valence-corrected chi connectivity index (χ3v) is 5.44. The number of hydrogen-bond acceptors (Lipinski definition) is 7. The number of nitrogen functional groups attached to an aromatic ring is 1. The second kappa shape index (κ2) is 8.20. The van der Waals surface area contributed by atoms with Gasteiger partial charge in [-0.2, -0.15) is 4.98 Å². The number of anilines is 4. The second-order valence-electron chi connectivity index (χ2n) is 7.63. The van der Waals surface area contributed by atoms with E-state index in [4.69, 9.17) is 15.5 Å². The van der Waals surface area contributed by atoms with E-state index in [-0.39, 0.29) is 0 Å². The first-order valence-electron chi connectivity index (χ1n) is 10.4. The molecule has 0 bridgehead atoms. The summed E-state index contributed by atoms with van der Waals surface area (Å²) in [6.07, 6.45) is 1.75. The molecule has 2 aromatic heterocycles. The fraction of sp³-hybridized carbons (Fsp3) is 0.208. The predicted molar refractivity (Wildman–Crippen MR) is 125 cm³/mol. The summed E-state index contributed by atoms with van der Waals surface area (Å²) in [6.45, 7) is 5.41. The van der Waals surface area contributed by atoms with E-state index in [9.17, 15) is 0 Å². The van der Waals surface area contributed by atoms with Crippen LogP contribution in [-0.2, 0) is 4.74 Å². The first kappa shape index (κ1) is 19.3. The molecule has 7 heteroatoms. The van der Waals surface area contributed by atoms with Gasteiger partial charge in [0.2, 0.25) is 5.95 Å². The Morgan fingerprint density at radius 3 is 2.58 bits per heavy atom. The minimum Gasteiger partial charge on any atom is -0.383 e. The molecule has 156 valence electrons. The maximum absolute atomic E-state index is 6.27. The molecule has 1 aliphatic heterocycles. The smallest absolute Gasteiger partial charge is 0.229 e. The van der Waals surface area contributed by atoms with E-state index in [0.29, 0.717) is 11.8 Å². The average molecular weight is 412 g/mol. The largest absolute Gasteiger partial charge is 0.383 e. The van der Waals surface area contributed by atoms with Crippen molar-refractivity contribution >= 4 is 34.0 Å². The summed E-state index contributed by atoms with van der Waals surface area (Å²) in [5.41, 5.74) is 12.0. The number of hydrogen-bond donors (Lipinski definition) is 2. The molecule has 3 heterocycles. The van der Waals surface area contributed by atoms with Gasteiger partial charge >= 0.3 is 0 Å². The lowest BCUT2D eigenvalue weighted by molar-refractivity contribution is 0.122. The van der Waals surface area contributed by atoms with E-state index in [1.807, 2.05) is 30.3 Å². The number of rotatable bonds is 4. The zero-order valence-corrected chi connectivity index (χ0v) is 17.4. The fourth-order valence-electron chi connectivity index (χ4n) is 3.84. The van der Waals surface area contributed by atoms with Crippen LogP contribution in [-0.4, -0.2) is 41.3 Å². The van der Waals surface area contributed by atoms with Crippen LogP contribution in [0.2, 0.25) is 0 Å². The zero-order chi connectivity index (χ0) is 21.2. The maximum atomic E-state index is 6.27. The SMILES string of the molecule is Cc1cccc(-c2nccc3c(N)nc(Nc4ccc(N5CCOCC5)cc4)nc23)c1. The van der Waals surface area contributed by atoms with Crippen molar-refractivity contribution in [3.63, 3.8) is 0 Å². The van der Waals surface area contributed by atoms with E-state index in [1.165, 1.54) is 5.69 Å². The predicted octanol–water partition coefficient (Wildman–Crippen LogP) is 4.16. The Balaban J connectivity index is 1.47. The third kappa shape index (κ3) is 4.00. The fourth-order valence-corrected chi connectivity index (χ4v) is 3.84. The van der Waals surface area contributed by atoms with Crippen molar-refractivity contribution in [1.82, 2.24) is 15.0 Å². The Labute approximate surface area is 180 Å². The van der Waals surface area contributed by atoms with E-state index in [1.54, 1.807) is 6.20 Å². The van der Waals surface area contributed by atoms with E-state index in [0.717, 1.165) is 59.7 Å². The molecule has 7 nitrogen and oxygen atoms in total. The van der Waals surface area contributed by atoms with Gasteiger partial charge in [0.1, 0.15) is 11.3 Å². The van der Waals surface area contributed by atoms with Gasteiger partial charge in [-0.3, -0.25) is 4.98 Å². The quantitative estimate of drug-likeness (QED) is 0.520. The number of aromatic nitrogens is 3. The van der Waals surface area contributed by atoms with Crippen LogP contribution < -0.4 is 16.0 Å². The van der Waals surface area contributed by atoms with Crippen LogP contribution in [0.4, 0.5) is 23.1 Å². The highest BCUT2D eigenvalue weighted by Gasteiger charge is 2.13. The number of pyridine rings is 1. The molecule has 4 aromatic rings. The summed E-state index contributed by atoms with van der Waals surface area (Å²) >= 11 is 0. The van der Waals surface area contributed by atoms with Crippen LogP contribution in [0.3, 0.4) is 0 Å². The summed E-state index contributed by atoms with van der Waals surface area (Å²) in [7, 11) is 0. The lowest BCUT2D eigenvalue weighted by Crippen LogP contribution is -2.36. The minimum absolute atomic E-state index is 0.425. The van der Waals surface area contributed by atoms with Crippen molar-refractivity contribution < 1.29 is 4.74 Å². The zero-order valence-electron chi connectivity index (χ0n) is 17.4. The van der Waals surface area contributed by atoms with Crippen LogP contribution in [0.15, 0.2) is 60.8 Å². The topological polar surface area (TPSA) is 89.2 Å². The number of benzene rings is 2. The van der Waals surface area contributed by atoms with Crippen molar-refractivity contribution in [2.45, 2.75) is 6.92 Å². The van der Waals surface area contributed by atoms with Gasteiger partial charge < -0.3 is 20.7 Å². The van der Waals surface area contributed by atoms with Crippen LogP contribution in [0.1, 0.15) is 5.56 Å². The number of morpholine rings is 1. The monoisotopic (exact) mass is 412 g/mol.